The lowest BCUT2D eigenvalue weighted by Gasteiger charge is -2.28. The van der Waals surface area contributed by atoms with Crippen LogP contribution in [-0.2, 0) is 33.8 Å². The van der Waals surface area contributed by atoms with E-state index >= 15 is 0 Å². The van der Waals surface area contributed by atoms with Crippen LogP contribution < -0.4 is 0 Å². The number of ether oxygens (including phenoxy) is 3. The number of aryl methyl sites for hydroxylation is 2. The molecular weight excluding hydrogens is 400 g/mol. The van der Waals surface area contributed by atoms with Crippen LogP contribution >= 0.6 is 11.6 Å². The molecule has 2 unspecified atom stereocenters. The molecule has 1 aliphatic rings. The van der Waals surface area contributed by atoms with Gasteiger partial charge >= 0.3 is 0 Å². The monoisotopic (exact) mass is 426 g/mol. The Hall–Kier alpha value is -2.18. The Kier molecular flexibility index (Phi) is 6.85. The summed E-state index contributed by atoms with van der Waals surface area (Å²) in [7, 11) is 0. The molecule has 1 aromatic heterocycles. The molecule has 0 amide bonds. The summed E-state index contributed by atoms with van der Waals surface area (Å²) in [6.45, 7) is 4.12. The molecule has 0 N–H and O–H groups in total. The standard InChI is InChI=1S/C24H27ClN2O3/c1-19-6-8-20(9-7-19)10-11-24(17-27-13-12-26-18-27)29-16-22(30-24)15-28-14-21-4-2-3-5-23(21)25/h2-9,12-13,18,22H,10-11,14-17H2,1H3. The van der Waals surface area contributed by atoms with E-state index in [4.69, 9.17) is 25.8 Å². The van der Waals surface area contributed by atoms with E-state index in [9.17, 15) is 0 Å². The number of nitrogens with zero attached hydrogens (tertiary/aromatic N) is 2. The molecule has 0 bridgehead atoms. The molecule has 4 rings (SSSR count). The summed E-state index contributed by atoms with van der Waals surface area (Å²) >= 11 is 6.21. The zero-order chi connectivity index (χ0) is 20.8. The maximum absolute atomic E-state index is 6.41. The molecule has 158 valence electrons. The van der Waals surface area contributed by atoms with Gasteiger partial charge in [0.2, 0.25) is 0 Å². The lowest BCUT2D eigenvalue weighted by Crippen LogP contribution is -2.37. The number of halogens is 1. The minimum absolute atomic E-state index is 0.117. The zero-order valence-corrected chi connectivity index (χ0v) is 17.9. The number of hydrogen-bond donors (Lipinski definition) is 0. The average molecular weight is 427 g/mol. The molecule has 2 atom stereocenters. The second kappa shape index (κ2) is 9.75. The first-order valence-electron chi connectivity index (χ1n) is 10.3. The fourth-order valence-electron chi connectivity index (χ4n) is 3.66. The van der Waals surface area contributed by atoms with Crippen LogP contribution in [0.3, 0.4) is 0 Å². The van der Waals surface area contributed by atoms with Crippen LogP contribution in [0.4, 0.5) is 0 Å². The van der Waals surface area contributed by atoms with Gasteiger partial charge in [0, 0.05) is 23.8 Å². The molecule has 0 spiro atoms. The van der Waals surface area contributed by atoms with E-state index in [0.29, 0.717) is 31.4 Å². The van der Waals surface area contributed by atoms with Gasteiger partial charge in [-0.05, 0) is 30.5 Å². The van der Waals surface area contributed by atoms with Crippen molar-refractivity contribution in [2.24, 2.45) is 0 Å². The Morgan fingerprint density at radius 1 is 1.20 bits per heavy atom. The van der Waals surface area contributed by atoms with E-state index < -0.39 is 5.79 Å². The Balaban J connectivity index is 1.36. The summed E-state index contributed by atoms with van der Waals surface area (Å²) in [5.41, 5.74) is 3.51. The number of aromatic nitrogens is 2. The molecule has 1 saturated heterocycles. The maximum Gasteiger partial charge on any atom is 0.187 e. The Morgan fingerprint density at radius 3 is 2.80 bits per heavy atom. The van der Waals surface area contributed by atoms with Gasteiger partial charge in [-0.25, -0.2) is 4.98 Å². The van der Waals surface area contributed by atoms with Gasteiger partial charge in [-0.1, -0.05) is 59.6 Å². The van der Waals surface area contributed by atoms with Crippen LogP contribution in [0.15, 0.2) is 67.3 Å². The molecule has 6 heteroatoms. The second-order valence-electron chi connectivity index (χ2n) is 7.79. The molecule has 1 aliphatic heterocycles. The van der Waals surface area contributed by atoms with E-state index in [0.717, 1.165) is 18.4 Å². The van der Waals surface area contributed by atoms with Gasteiger partial charge in [-0.15, -0.1) is 0 Å². The molecule has 30 heavy (non-hydrogen) atoms. The van der Waals surface area contributed by atoms with Crippen LogP contribution in [0.25, 0.3) is 0 Å². The summed E-state index contributed by atoms with van der Waals surface area (Å²) in [6, 6.07) is 16.3. The van der Waals surface area contributed by atoms with E-state index in [1.807, 2.05) is 35.0 Å². The van der Waals surface area contributed by atoms with E-state index in [2.05, 4.69) is 36.2 Å². The van der Waals surface area contributed by atoms with Gasteiger partial charge in [0.15, 0.2) is 5.79 Å². The fraction of sp³-hybridized carbons (Fsp3) is 0.375. The number of hydrogen-bond acceptors (Lipinski definition) is 4. The SMILES string of the molecule is Cc1ccc(CCC2(Cn3ccnc3)OCC(COCc3ccccc3Cl)O2)cc1. The predicted octanol–water partition coefficient (Wildman–Crippen LogP) is 4.81. The van der Waals surface area contributed by atoms with Crippen molar-refractivity contribution in [2.75, 3.05) is 13.2 Å². The zero-order valence-electron chi connectivity index (χ0n) is 17.2. The third-order valence-electron chi connectivity index (χ3n) is 5.33. The van der Waals surface area contributed by atoms with Crippen molar-refractivity contribution in [2.45, 2.75) is 44.8 Å². The Morgan fingerprint density at radius 2 is 2.03 bits per heavy atom. The van der Waals surface area contributed by atoms with Crippen LogP contribution in [0.5, 0.6) is 0 Å². The van der Waals surface area contributed by atoms with E-state index in [-0.39, 0.29) is 6.10 Å². The normalized spacial score (nSPS) is 21.2. The maximum atomic E-state index is 6.41. The quantitative estimate of drug-likeness (QED) is 0.492. The van der Waals surface area contributed by atoms with Gasteiger partial charge in [0.05, 0.1) is 32.7 Å². The lowest BCUT2D eigenvalue weighted by atomic mass is 10.0. The van der Waals surface area contributed by atoms with Gasteiger partial charge in [0.1, 0.15) is 6.10 Å². The highest BCUT2D eigenvalue weighted by molar-refractivity contribution is 6.31. The smallest absolute Gasteiger partial charge is 0.187 e. The number of rotatable bonds is 9. The molecule has 0 saturated carbocycles. The Bertz CT molecular complexity index is 930. The first kappa shape index (κ1) is 21.1. The average Bonchev–Trinajstić information content (AvgIpc) is 3.40. The first-order valence-corrected chi connectivity index (χ1v) is 10.6. The molecule has 2 aromatic carbocycles. The molecule has 0 radical (unpaired) electrons. The largest absolute Gasteiger partial charge is 0.374 e. The topological polar surface area (TPSA) is 45.5 Å². The van der Waals surface area contributed by atoms with Crippen molar-refractivity contribution in [3.8, 4) is 0 Å². The number of benzene rings is 2. The minimum atomic E-state index is -0.690. The molecule has 0 aliphatic carbocycles. The summed E-state index contributed by atoms with van der Waals surface area (Å²) in [4.78, 5) is 4.15. The van der Waals surface area contributed by atoms with Crippen molar-refractivity contribution in [1.82, 2.24) is 9.55 Å². The van der Waals surface area contributed by atoms with Crippen LogP contribution in [0.2, 0.25) is 5.02 Å². The third-order valence-corrected chi connectivity index (χ3v) is 5.70. The lowest BCUT2D eigenvalue weighted by molar-refractivity contribution is -0.187. The summed E-state index contributed by atoms with van der Waals surface area (Å²) < 4.78 is 20.5. The van der Waals surface area contributed by atoms with Gasteiger partial charge in [-0.2, -0.15) is 0 Å². The van der Waals surface area contributed by atoms with Gasteiger partial charge in [0.25, 0.3) is 0 Å². The molecular formula is C24H27ClN2O3. The molecule has 2 heterocycles. The molecule has 1 fully saturated rings. The highest BCUT2D eigenvalue weighted by Crippen LogP contribution is 2.31. The fourth-order valence-corrected chi connectivity index (χ4v) is 3.85. The number of imidazole rings is 1. The van der Waals surface area contributed by atoms with Crippen LogP contribution in [0, 0.1) is 6.92 Å². The highest BCUT2D eigenvalue weighted by atomic mass is 35.5. The first-order chi connectivity index (χ1) is 14.6. The van der Waals surface area contributed by atoms with E-state index in [1.165, 1.54) is 11.1 Å². The summed E-state index contributed by atoms with van der Waals surface area (Å²) in [5, 5.41) is 0.716. The van der Waals surface area contributed by atoms with Crippen molar-refractivity contribution in [3.63, 3.8) is 0 Å². The summed E-state index contributed by atoms with van der Waals surface area (Å²) in [5.74, 6) is -0.690. The highest BCUT2D eigenvalue weighted by Gasteiger charge is 2.41. The minimum Gasteiger partial charge on any atom is -0.374 e. The van der Waals surface area contributed by atoms with Crippen molar-refractivity contribution in [3.05, 3.63) is 89.0 Å². The molecule has 3 aromatic rings. The van der Waals surface area contributed by atoms with Crippen molar-refractivity contribution in [1.29, 1.82) is 0 Å². The summed E-state index contributed by atoms with van der Waals surface area (Å²) in [6.07, 6.45) is 7.02. The van der Waals surface area contributed by atoms with Crippen LogP contribution in [-0.4, -0.2) is 34.7 Å². The molecule has 5 nitrogen and oxygen atoms in total. The second-order valence-corrected chi connectivity index (χ2v) is 8.20. The van der Waals surface area contributed by atoms with Gasteiger partial charge in [-0.3, -0.25) is 0 Å². The predicted molar refractivity (Wildman–Crippen MR) is 116 cm³/mol. The van der Waals surface area contributed by atoms with Crippen molar-refractivity contribution >= 4 is 11.6 Å². The van der Waals surface area contributed by atoms with Crippen molar-refractivity contribution < 1.29 is 14.2 Å². The third kappa shape index (κ3) is 5.49. The van der Waals surface area contributed by atoms with Gasteiger partial charge < -0.3 is 18.8 Å². The van der Waals surface area contributed by atoms with Crippen LogP contribution in [0.1, 0.15) is 23.1 Å². The van der Waals surface area contributed by atoms with E-state index in [1.54, 1.807) is 12.5 Å². The Labute approximate surface area is 182 Å².